The third kappa shape index (κ3) is 4.62. The first-order chi connectivity index (χ1) is 23.3. The van der Waals surface area contributed by atoms with E-state index in [1.165, 1.54) is 0 Å². The summed E-state index contributed by atoms with van der Waals surface area (Å²) in [5.41, 5.74) is 9.92. The van der Waals surface area contributed by atoms with Crippen LogP contribution in [0.5, 0.6) is 0 Å². The molecule has 0 radical (unpaired) electrons. The maximum Gasteiger partial charge on any atom is 0.137 e. The molecule has 47 heavy (non-hydrogen) atoms. The van der Waals surface area contributed by atoms with E-state index < -0.39 is 0 Å². The molecule has 3 aromatic carbocycles. The quantitative estimate of drug-likeness (QED) is 0.196. The Morgan fingerprint density at radius 2 is 0.979 bits per heavy atom. The number of pyridine rings is 5. The van der Waals surface area contributed by atoms with Gasteiger partial charge >= 0.3 is 0 Å². The van der Waals surface area contributed by atoms with Crippen LogP contribution in [0.4, 0.5) is 0 Å². The lowest BCUT2D eigenvalue weighted by molar-refractivity contribution is 1.08. The molecule has 9 aromatic rings. The predicted molar refractivity (Wildman–Crippen MR) is 189 cm³/mol. The number of fused-ring (bicyclic) bond motifs is 5. The molecule has 0 amide bonds. The fraction of sp³-hybridized carbons (Fsp3) is 0. The van der Waals surface area contributed by atoms with Gasteiger partial charge in [0.1, 0.15) is 5.82 Å². The zero-order valence-corrected chi connectivity index (χ0v) is 25.2. The lowest BCUT2D eigenvalue weighted by Crippen LogP contribution is -1.97. The third-order valence-corrected chi connectivity index (χ3v) is 8.67. The minimum absolute atomic E-state index is 0.846. The normalized spacial score (nSPS) is 11.4. The number of nitrogens with zero attached hydrogens (tertiary/aromatic N) is 6. The second-order valence-corrected chi connectivity index (χ2v) is 11.4. The van der Waals surface area contributed by atoms with E-state index in [2.05, 4.69) is 81.3 Å². The fourth-order valence-electron chi connectivity index (χ4n) is 6.47. The zero-order chi connectivity index (χ0) is 31.2. The highest BCUT2D eigenvalue weighted by molar-refractivity contribution is 6.22. The van der Waals surface area contributed by atoms with E-state index in [1.54, 1.807) is 12.4 Å². The van der Waals surface area contributed by atoms with Crippen molar-refractivity contribution in [1.29, 1.82) is 0 Å². The second-order valence-electron chi connectivity index (χ2n) is 11.4. The van der Waals surface area contributed by atoms with E-state index in [9.17, 15) is 0 Å². The minimum Gasteiger partial charge on any atom is -0.293 e. The van der Waals surface area contributed by atoms with Crippen molar-refractivity contribution in [3.8, 4) is 50.8 Å². The van der Waals surface area contributed by atoms with Crippen LogP contribution in [0.15, 0.2) is 158 Å². The molecule has 6 nitrogen and oxygen atoms in total. The largest absolute Gasteiger partial charge is 0.293 e. The first kappa shape index (κ1) is 26.8. The van der Waals surface area contributed by atoms with Crippen molar-refractivity contribution < 1.29 is 0 Å². The fourth-order valence-corrected chi connectivity index (χ4v) is 6.47. The number of benzene rings is 3. The Kier molecular flexibility index (Phi) is 6.35. The molecular weight excluding hydrogens is 576 g/mol. The highest BCUT2D eigenvalue weighted by atomic mass is 15.1. The third-order valence-electron chi connectivity index (χ3n) is 8.67. The van der Waals surface area contributed by atoms with Crippen LogP contribution in [0, 0.1) is 0 Å². The van der Waals surface area contributed by atoms with Gasteiger partial charge in [-0.2, -0.15) is 0 Å². The van der Waals surface area contributed by atoms with E-state index in [1.807, 2.05) is 79.3 Å². The van der Waals surface area contributed by atoms with E-state index in [4.69, 9.17) is 15.0 Å². The van der Waals surface area contributed by atoms with Gasteiger partial charge in [0.2, 0.25) is 0 Å². The average molecular weight is 603 g/mol. The first-order valence-corrected chi connectivity index (χ1v) is 15.5. The van der Waals surface area contributed by atoms with Crippen molar-refractivity contribution in [2.24, 2.45) is 0 Å². The summed E-state index contributed by atoms with van der Waals surface area (Å²) in [5.74, 6) is 0.876. The molecule has 6 heterocycles. The summed E-state index contributed by atoms with van der Waals surface area (Å²) in [6, 6.07) is 43.7. The molecule has 220 valence electrons. The van der Waals surface area contributed by atoms with E-state index in [-0.39, 0.29) is 0 Å². The lowest BCUT2D eigenvalue weighted by atomic mass is 9.95. The molecule has 0 N–H and O–H groups in total. The molecule has 0 saturated heterocycles. The van der Waals surface area contributed by atoms with Crippen molar-refractivity contribution in [3.63, 3.8) is 0 Å². The molecule has 9 rings (SSSR count). The summed E-state index contributed by atoms with van der Waals surface area (Å²) in [6.07, 6.45) is 9.32. The van der Waals surface area contributed by atoms with E-state index >= 15 is 0 Å². The number of hydrogen-bond acceptors (Lipinski definition) is 5. The molecule has 6 heteroatoms. The van der Waals surface area contributed by atoms with Crippen LogP contribution in [0.3, 0.4) is 0 Å². The van der Waals surface area contributed by atoms with Gasteiger partial charge in [0.15, 0.2) is 0 Å². The van der Waals surface area contributed by atoms with Gasteiger partial charge < -0.3 is 0 Å². The first-order valence-electron chi connectivity index (χ1n) is 15.5. The van der Waals surface area contributed by atoms with Gasteiger partial charge in [-0.25, -0.2) is 4.98 Å². The van der Waals surface area contributed by atoms with Gasteiger partial charge in [0, 0.05) is 58.3 Å². The Morgan fingerprint density at radius 1 is 0.383 bits per heavy atom. The summed E-state index contributed by atoms with van der Waals surface area (Å²) < 4.78 is 2.28. The number of aromatic nitrogens is 6. The van der Waals surface area contributed by atoms with Gasteiger partial charge in [-0.1, -0.05) is 60.7 Å². The van der Waals surface area contributed by atoms with Crippen LogP contribution in [0.1, 0.15) is 0 Å². The summed E-state index contributed by atoms with van der Waals surface area (Å²) in [7, 11) is 0. The number of rotatable bonds is 5. The van der Waals surface area contributed by atoms with Crippen molar-refractivity contribution >= 4 is 32.6 Å². The topological polar surface area (TPSA) is 69.4 Å². The van der Waals surface area contributed by atoms with Crippen LogP contribution < -0.4 is 0 Å². The number of hydrogen-bond donors (Lipinski definition) is 0. The monoisotopic (exact) mass is 602 g/mol. The maximum atomic E-state index is 4.82. The summed E-state index contributed by atoms with van der Waals surface area (Å²) in [6.45, 7) is 0. The summed E-state index contributed by atoms with van der Waals surface area (Å²) in [5, 5.41) is 4.59. The standard InChI is InChI=1S/C41H26N6/c1-2-10-31-30(9-1)32(29-15-18-38(46-26-29)36-12-4-7-21-43-36)24-34-33-23-27(28-14-17-37(45-25-28)35-11-3-6-20-42-35)16-19-39(33)47(41(31)34)40-13-5-8-22-44-40/h1-26H. The SMILES string of the molecule is c1ccc(-c2ccc(-c3ccc4c(c3)c3cc(-c5ccc(-c6ccccn6)nc5)c5ccccc5c3n4-c3ccccn3)cn2)nc1. The second kappa shape index (κ2) is 11.1. The minimum atomic E-state index is 0.846. The van der Waals surface area contributed by atoms with Crippen molar-refractivity contribution in [3.05, 3.63) is 158 Å². The molecule has 0 aliphatic carbocycles. The van der Waals surface area contributed by atoms with Crippen LogP contribution in [0.25, 0.3) is 83.4 Å². The van der Waals surface area contributed by atoms with Gasteiger partial charge in [0.05, 0.1) is 33.8 Å². The van der Waals surface area contributed by atoms with Gasteiger partial charge in [-0.3, -0.25) is 24.5 Å². The molecule has 0 fully saturated rings. The van der Waals surface area contributed by atoms with Crippen molar-refractivity contribution in [2.45, 2.75) is 0 Å². The van der Waals surface area contributed by atoms with Crippen LogP contribution >= 0.6 is 0 Å². The Morgan fingerprint density at radius 3 is 1.60 bits per heavy atom. The van der Waals surface area contributed by atoms with Crippen molar-refractivity contribution in [2.75, 3.05) is 0 Å². The maximum absolute atomic E-state index is 4.82. The zero-order valence-electron chi connectivity index (χ0n) is 25.2. The Balaban J connectivity index is 1.27. The van der Waals surface area contributed by atoms with E-state index in [0.717, 1.165) is 83.4 Å². The molecule has 0 aliphatic heterocycles. The smallest absolute Gasteiger partial charge is 0.137 e. The molecule has 0 saturated carbocycles. The highest BCUT2D eigenvalue weighted by Crippen LogP contribution is 2.42. The molecule has 0 aliphatic rings. The van der Waals surface area contributed by atoms with Gasteiger partial charge in [-0.05, 0) is 83.2 Å². The van der Waals surface area contributed by atoms with Crippen LogP contribution in [-0.2, 0) is 0 Å². The molecule has 0 atom stereocenters. The summed E-state index contributed by atoms with van der Waals surface area (Å²) >= 11 is 0. The van der Waals surface area contributed by atoms with Crippen molar-refractivity contribution in [1.82, 2.24) is 29.5 Å². The molecular formula is C41H26N6. The Labute approximate surface area is 270 Å². The van der Waals surface area contributed by atoms with Crippen LogP contribution in [-0.4, -0.2) is 29.5 Å². The van der Waals surface area contributed by atoms with Crippen LogP contribution in [0.2, 0.25) is 0 Å². The Hall–Kier alpha value is -6.53. The van der Waals surface area contributed by atoms with Gasteiger partial charge in [-0.15, -0.1) is 0 Å². The lowest BCUT2D eigenvalue weighted by Gasteiger charge is -2.12. The molecule has 0 unspecified atom stereocenters. The molecule has 6 aromatic heterocycles. The van der Waals surface area contributed by atoms with Gasteiger partial charge in [0.25, 0.3) is 0 Å². The average Bonchev–Trinajstić information content (AvgIpc) is 3.49. The predicted octanol–water partition coefficient (Wildman–Crippen LogP) is 9.58. The highest BCUT2D eigenvalue weighted by Gasteiger charge is 2.19. The molecule has 0 bridgehead atoms. The van der Waals surface area contributed by atoms with E-state index in [0.29, 0.717) is 0 Å². The molecule has 0 spiro atoms. The summed E-state index contributed by atoms with van der Waals surface area (Å²) in [4.78, 5) is 23.3. The Bertz CT molecular complexity index is 2530.